The highest BCUT2D eigenvalue weighted by Crippen LogP contribution is 2.23. The smallest absolute Gasteiger partial charge is 0.305 e. The van der Waals surface area contributed by atoms with Crippen molar-refractivity contribution < 1.29 is 24.6 Å². The van der Waals surface area contributed by atoms with Crippen LogP contribution in [0.25, 0.3) is 11.1 Å². The summed E-state index contributed by atoms with van der Waals surface area (Å²) in [6.07, 6.45) is 0.759. The van der Waals surface area contributed by atoms with E-state index in [2.05, 4.69) is 20.9 Å². The Balaban J connectivity index is 1.59. The molecule has 0 aliphatic carbocycles. The predicted octanol–water partition coefficient (Wildman–Crippen LogP) is 3.14. The Morgan fingerprint density at radius 1 is 0.892 bits per heavy atom. The number of carbonyl (C=O) groups excluding carboxylic acids is 2. The molecule has 1 heterocycles. The summed E-state index contributed by atoms with van der Waals surface area (Å²) in [7, 11) is 0. The van der Waals surface area contributed by atoms with Crippen molar-refractivity contribution in [3.8, 4) is 11.1 Å². The van der Waals surface area contributed by atoms with Crippen LogP contribution in [0.3, 0.4) is 0 Å². The van der Waals surface area contributed by atoms with Crippen LogP contribution >= 0.6 is 0 Å². The van der Waals surface area contributed by atoms with Crippen molar-refractivity contribution in [1.82, 2.24) is 15.6 Å². The second kappa shape index (κ2) is 13.7. The van der Waals surface area contributed by atoms with E-state index in [9.17, 15) is 24.6 Å². The fourth-order valence-corrected chi connectivity index (χ4v) is 3.81. The standard InChI is InChI=1S/C28H32N4O5/c1-19(33)27(32-25(34)11-7-17-30-24-10-5-6-16-29-24)28(37)31-23(18-26(35)36)22-14-12-21(13-15-22)20-8-3-2-4-9-20/h2-6,8-10,12-16,19,23,27,33H,7,11,17-18H2,1H3,(H,29,30)(H,31,37)(H,32,34)(H,35,36). The first-order valence-electron chi connectivity index (χ1n) is 12.1. The average molecular weight is 505 g/mol. The molecule has 1 aromatic heterocycles. The van der Waals surface area contributed by atoms with Crippen LogP contribution in [0, 0.1) is 0 Å². The Bertz CT molecular complexity index is 1150. The molecule has 5 N–H and O–H groups in total. The van der Waals surface area contributed by atoms with Crippen molar-refractivity contribution in [2.75, 3.05) is 11.9 Å². The second-order valence-electron chi connectivity index (χ2n) is 8.68. The molecule has 9 nitrogen and oxygen atoms in total. The number of aliphatic hydroxyl groups excluding tert-OH is 1. The zero-order valence-electron chi connectivity index (χ0n) is 20.6. The van der Waals surface area contributed by atoms with Crippen molar-refractivity contribution in [2.24, 2.45) is 0 Å². The fourth-order valence-electron chi connectivity index (χ4n) is 3.81. The van der Waals surface area contributed by atoms with Crippen molar-refractivity contribution in [1.29, 1.82) is 0 Å². The Kier molecular flexibility index (Phi) is 10.2. The summed E-state index contributed by atoms with van der Waals surface area (Å²) in [5.41, 5.74) is 2.57. The largest absolute Gasteiger partial charge is 0.481 e. The van der Waals surface area contributed by atoms with Gasteiger partial charge in [0.15, 0.2) is 0 Å². The first kappa shape index (κ1) is 27.3. The molecule has 0 saturated heterocycles. The first-order valence-corrected chi connectivity index (χ1v) is 12.1. The minimum atomic E-state index is -1.23. The number of aliphatic hydroxyl groups is 1. The highest BCUT2D eigenvalue weighted by Gasteiger charge is 2.28. The molecule has 0 bridgehead atoms. The van der Waals surface area contributed by atoms with Crippen LogP contribution < -0.4 is 16.0 Å². The molecule has 0 aliphatic rings. The van der Waals surface area contributed by atoms with Crippen molar-refractivity contribution in [2.45, 2.75) is 44.4 Å². The van der Waals surface area contributed by atoms with Gasteiger partial charge in [-0.1, -0.05) is 60.7 Å². The van der Waals surface area contributed by atoms with Crippen molar-refractivity contribution >= 4 is 23.6 Å². The zero-order chi connectivity index (χ0) is 26.6. The molecular weight excluding hydrogens is 472 g/mol. The molecule has 37 heavy (non-hydrogen) atoms. The quantitative estimate of drug-likeness (QED) is 0.225. The summed E-state index contributed by atoms with van der Waals surface area (Å²) in [6.45, 7) is 1.91. The number of aliphatic carboxylic acids is 1. The van der Waals surface area contributed by atoms with E-state index < -0.39 is 36.0 Å². The normalized spacial score (nSPS) is 13.1. The number of hydrogen-bond acceptors (Lipinski definition) is 6. The van der Waals surface area contributed by atoms with Gasteiger partial charge in [0.2, 0.25) is 11.8 Å². The van der Waals surface area contributed by atoms with Crippen LogP contribution in [0.1, 0.15) is 37.8 Å². The third kappa shape index (κ3) is 8.73. The average Bonchev–Trinajstić information content (AvgIpc) is 2.90. The van der Waals surface area contributed by atoms with Gasteiger partial charge in [-0.2, -0.15) is 0 Å². The van der Waals surface area contributed by atoms with Crippen LogP contribution in [-0.2, 0) is 14.4 Å². The van der Waals surface area contributed by atoms with Crippen LogP contribution in [0.2, 0.25) is 0 Å². The van der Waals surface area contributed by atoms with Gasteiger partial charge in [0.05, 0.1) is 18.6 Å². The molecule has 0 radical (unpaired) electrons. The summed E-state index contributed by atoms with van der Waals surface area (Å²) in [6, 6.07) is 20.4. The van der Waals surface area contributed by atoms with Gasteiger partial charge in [0.25, 0.3) is 0 Å². The van der Waals surface area contributed by atoms with Gasteiger partial charge < -0.3 is 26.2 Å². The maximum absolute atomic E-state index is 13.0. The number of nitrogens with one attached hydrogen (secondary N) is 3. The minimum absolute atomic E-state index is 0.135. The number of hydrogen-bond donors (Lipinski definition) is 5. The molecule has 9 heteroatoms. The molecule has 3 rings (SSSR count). The number of amides is 2. The highest BCUT2D eigenvalue weighted by atomic mass is 16.4. The maximum atomic E-state index is 13.0. The van der Waals surface area contributed by atoms with Crippen LogP contribution in [0.4, 0.5) is 5.82 Å². The Morgan fingerprint density at radius 3 is 2.19 bits per heavy atom. The monoisotopic (exact) mass is 504 g/mol. The van der Waals surface area contributed by atoms with E-state index in [1.54, 1.807) is 24.4 Å². The molecule has 0 fully saturated rings. The van der Waals surface area contributed by atoms with E-state index in [-0.39, 0.29) is 12.8 Å². The predicted molar refractivity (Wildman–Crippen MR) is 141 cm³/mol. The van der Waals surface area contributed by atoms with Crippen LogP contribution in [0.5, 0.6) is 0 Å². The summed E-state index contributed by atoms with van der Waals surface area (Å²) in [5, 5.41) is 27.9. The van der Waals surface area contributed by atoms with E-state index >= 15 is 0 Å². The van der Waals surface area contributed by atoms with Gasteiger partial charge in [-0.15, -0.1) is 0 Å². The number of nitrogens with zero attached hydrogens (tertiary/aromatic N) is 1. The lowest BCUT2D eigenvalue weighted by Crippen LogP contribution is -2.53. The highest BCUT2D eigenvalue weighted by molar-refractivity contribution is 5.88. The number of benzene rings is 2. The molecular formula is C28H32N4O5. The molecule has 3 atom stereocenters. The third-order valence-corrected chi connectivity index (χ3v) is 5.75. The topological polar surface area (TPSA) is 141 Å². The fraction of sp³-hybridized carbons (Fsp3) is 0.286. The van der Waals surface area contributed by atoms with Gasteiger partial charge in [0.1, 0.15) is 11.9 Å². The minimum Gasteiger partial charge on any atom is -0.481 e. The van der Waals surface area contributed by atoms with E-state index in [1.165, 1.54) is 6.92 Å². The van der Waals surface area contributed by atoms with E-state index in [0.29, 0.717) is 24.3 Å². The summed E-state index contributed by atoms with van der Waals surface area (Å²) >= 11 is 0. The molecule has 3 unspecified atom stereocenters. The van der Waals surface area contributed by atoms with Gasteiger partial charge in [-0.3, -0.25) is 14.4 Å². The maximum Gasteiger partial charge on any atom is 0.305 e. The SMILES string of the molecule is CC(O)C(NC(=O)CCCNc1ccccn1)C(=O)NC(CC(=O)O)c1ccc(-c2ccccc2)cc1. The summed E-state index contributed by atoms with van der Waals surface area (Å²) in [5.74, 6) is -1.44. The van der Waals surface area contributed by atoms with Crippen molar-refractivity contribution in [3.63, 3.8) is 0 Å². The third-order valence-electron chi connectivity index (χ3n) is 5.75. The van der Waals surface area contributed by atoms with Gasteiger partial charge >= 0.3 is 5.97 Å². The Labute approximate surface area is 216 Å². The molecule has 3 aromatic rings. The number of carbonyl (C=O) groups is 3. The van der Waals surface area contributed by atoms with Crippen LogP contribution in [0.15, 0.2) is 79.0 Å². The lowest BCUT2D eigenvalue weighted by Gasteiger charge is -2.25. The number of anilines is 1. The van der Waals surface area contributed by atoms with E-state index in [1.807, 2.05) is 54.6 Å². The number of carboxylic acid groups (broad SMARTS) is 1. The Hall–Kier alpha value is -4.24. The molecule has 0 spiro atoms. The number of aromatic nitrogens is 1. The van der Waals surface area contributed by atoms with Crippen molar-refractivity contribution in [3.05, 3.63) is 84.6 Å². The number of pyridine rings is 1. The lowest BCUT2D eigenvalue weighted by molar-refractivity contribution is -0.138. The van der Waals surface area contributed by atoms with E-state index in [0.717, 1.165) is 11.1 Å². The molecule has 2 aromatic carbocycles. The molecule has 0 saturated carbocycles. The van der Waals surface area contributed by atoms with Crippen LogP contribution in [-0.4, -0.2) is 51.7 Å². The zero-order valence-corrected chi connectivity index (χ0v) is 20.6. The van der Waals surface area contributed by atoms with Gasteiger partial charge in [-0.05, 0) is 42.2 Å². The van der Waals surface area contributed by atoms with E-state index in [4.69, 9.17) is 0 Å². The second-order valence-corrected chi connectivity index (χ2v) is 8.68. The molecule has 194 valence electrons. The Morgan fingerprint density at radius 2 is 1.57 bits per heavy atom. The first-order chi connectivity index (χ1) is 17.8. The molecule has 2 amide bonds. The van der Waals surface area contributed by atoms with Gasteiger partial charge in [0, 0.05) is 19.2 Å². The molecule has 0 aliphatic heterocycles. The summed E-state index contributed by atoms with van der Waals surface area (Å²) < 4.78 is 0. The number of carboxylic acids is 1. The number of rotatable bonds is 13. The summed E-state index contributed by atoms with van der Waals surface area (Å²) in [4.78, 5) is 41.1. The van der Waals surface area contributed by atoms with Gasteiger partial charge in [-0.25, -0.2) is 4.98 Å². The lowest BCUT2D eigenvalue weighted by atomic mass is 9.98.